The molecule has 1 rings (SSSR count). The highest BCUT2D eigenvalue weighted by molar-refractivity contribution is 5.19. The maximum atomic E-state index is 10.3. The Labute approximate surface area is 98.8 Å². The van der Waals surface area contributed by atoms with Crippen molar-refractivity contribution < 1.29 is 5.11 Å². The molecule has 0 aliphatic rings. The number of rotatable bonds is 4. The smallest absolute Gasteiger partial charge is 0.0843 e. The minimum Gasteiger partial charge on any atom is -0.388 e. The Balaban J connectivity index is 2.80. The highest BCUT2D eigenvalue weighted by Crippen LogP contribution is 2.36. The molecule has 16 heavy (non-hydrogen) atoms. The summed E-state index contributed by atoms with van der Waals surface area (Å²) in [7, 11) is 0. The quantitative estimate of drug-likeness (QED) is 0.754. The van der Waals surface area contributed by atoms with E-state index in [4.69, 9.17) is 0 Å². The molecule has 0 fully saturated rings. The van der Waals surface area contributed by atoms with Crippen LogP contribution < -0.4 is 0 Å². The molecule has 1 N–H and O–H groups in total. The zero-order valence-electron chi connectivity index (χ0n) is 10.7. The Morgan fingerprint density at radius 3 is 2.31 bits per heavy atom. The fourth-order valence-electron chi connectivity index (χ4n) is 1.67. The van der Waals surface area contributed by atoms with E-state index >= 15 is 0 Å². The average molecular weight is 218 g/mol. The lowest BCUT2D eigenvalue weighted by molar-refractivity contribution is 0.0512. The molecule has 0 saturated heterocycles. The largest absolute Gasteiger partial charge is 0.388 e. The van der Waals surface area contributed by atoms with Crippen molar-refractivity contribution >= 4 is 0 Å². The molecule has 0 heterocycles. The lowest BCUT2D eigenvalue weighted by Gasteiger charge is -2.30. The Morgan fingerprint density at radius 2 is 1.81 bits per heavy atom. The predicted octanol–water partition coefficient (Wildman–Crippen LogP) is 4.10. The van der Waals surface area contributed by atoms with Gasteiger partial charge in [-0.05, 0) is 31.2 Å². The van der Waals surface area contributed by atoms with Crippen LogP contribution in [0.1, 0.15) is 45.8 Å². The van der Waals surface area contributed by atoms with Crippen molar-refractivity contribution in [3.8, 4) is 0 Å². The van der Waals surface area contributed by atoms with Crippen molar-refractivity contribution in [1.29, 1.82) is 0 Å². The van der Waals surface area contributed by atoms with Crippen LogP contribution in [0.25, 0.3) is 0 Å². The van der Waals surface area contributed by atoms with Gasteiger partial charge in [-0.15, -0.1) is 0 Å². The number of hydrogen-bond donors (Lipinski definition) is 1. The van der Waals surface area contributed by atoms with Gasteiger partial charge in [0.1, 0.15) is 0 Å². The highest BCUT2D eigenvalue weighted by atomic mass is 16.3. The second-order valence-corrected chi connectivity index (χ2v) is 5.29. The maximum Gasteiger partial charge on any atom is 0.0843 e. The lowest BCUT2D eigenvalue weighted by Crippen LogP contribution is -2.21. The van der Waals surface area contributed by atoms with Crippen molar-refractivity contribution in [2.24, 2.45) is 5.41 Å². The highest BCUT2D eigenvalue weighted by Gasteiger charge is 2.27. The first-order valence-corrected chi connectivity index (χ1v) is 5.80. The van der Waals surface area contributed by atoms with E-state index in [1.54, 1.807) is 0 Å². The van der Waals surface area contributed by atoms with E-state index < -0.39 is 6.10 Å². The van der Waals surface area contributed by atoms with Gasteiger partial charge in [0, 0.05) is 0 Å². The summed E-state index contributed by atoms with van der Waals surface area (Å²) in [5, 5.41) is 10.3. The van der Waals surface area contributed by atoms with Crippen LogP contribution in [0.5, 0.6) is 0 Å². The zero-order valence-corrected chi connectivity index (χ0v) is 10.7. The van der Waals surface area contributed by atoms with Gasteiger partial charge in [-0.25, -0.2) is 0 Å². The molecule has 1 aromatic rings. The van der Waals surface area contributed by atoms with Gasteiger partial charge >= 0.3 is 0 Å². The van der Waals surface area contributed by atoms with Crippen molar-refractivity contribution in [3.63, 3.8) is 0 Å². The SMILES string of the molecule is CC(C)=CCC(C)(C)C(O)c1ccccc1. The summed E-state index contributed by atoms with van der Waals surface area (Å²) in [6, 6.07) is 9.87. The van der Waals surface area contributed by atoms with Gasteiger partial charge in [0.05, 0.1) is 6.10 Å². The number of benzene rings is 1. The van der Waals surface area contributed by atoms with Gasteiger partial charge in [0.15, 0.2) is 0 Å². The Bertz CT molecular complexity index is 345. The first kappa shape index (κ1) is 13.0. The van der Waals surface area contributed by atoms with Gasteiger partial charge in [-0.2, -0.15) is 0 Å². The van der Waals surface area contributed by atoms with Crippen molar-refractivity contribution in [2.75, 3.05) is 0 Å². The molecular formula is C15H22O. The zero-order chi connectivity index (χ0) is 12.2. The van der Waals surface area contributed by atoms with Crippen LogP contribution in [0.4, 0.5) is 0 Å². The molecule has 0 amide bonds. The van der Waals surface area contributed by atoms with Crippen LogP contribution >= 0.6 is 0 Å². The summed E-state index contributed by atoms with van der Waals surface area (Å²) in [4.78, 5) is 0. The number of hydrogen-bond acceptors (Lipinski definition) is 1. The number of allylic oxidation sites excluding steroid dienone is 2. The van der Waals surface area contributed by atoms with Crippen molar-refractivity contribution in [3.05, 3.63) is 47.5 Å². The summed E-state index contributed by atoms with van der Waals surface area (Å²) < 4.78 is 0. The Hall–Kier alpha value is -1.08. The number of aliphatic hydroxyl groups excluding tert-OH is 1. The summed E-state index contributed by atoms with van der Waals surface area (Å²) in [6.45, 7) is 8.38. The first-order valence-electron chi connectivity index (χ1n) is 5.80. The summed E-state index contributed by atoms with van der Waals surface area (Å²) in [5.41, 5.74) is 2.17. The average Bonchev–Trinajstić information content (AvgIpc) is 2.27. The minimum atomic E-state index is -0.413. The summed E-state index contributed by atoms with van der Waals surface area (Å²) in [6.07, 6.45) is 2.67. The molecule has 0 bridgehead atoms. The number of aliphatic hydroxyl groups is 1. The normalized spacial score (nSPS) is 13.3. The molecule has 1 atom stereocenters. The standard InChI is InChI=1S/C15H22O/c1-12(2)10-11-15(3,4)14(16)13-8-6-5-7-9-13/h5-10,14,16H,11H2,1-4H3. The maximum absolute atomic E-state index is 10.3. The molecule has 0 aliphatic carbocycles. The third kappa shape index (κ3) is 3.49. The lowest BCUT2D eigenvalue weighted by atomic mass is 9.79. The fourth-order valence-corrected chi connectivity index (χ4v) is 1.67. The van der Waals surface area contributed by atoms with Crippen LogP contribution in [0, 0.1) is 5.41 Å². The van der Waals surface area contributed by atoms with E-state index in [1.165, 1.54) is 5.57 Å². The van der Waals surface area contributed by atoms with Crippen molar-refractivity contribution in [2.45, 2.75) is 40.2 Å². The van der Waals surface area contributed by atoms with E-state index in [0.29, 0.717) is 0 Å². The molecular weight excluding hydrogens is 196 g/mol. The molecule has 0 spiro atoms. The van der Waals surface area contributed by atoms with Gasteiger partial charge in [0.25, 0.3) is 0 Å². The molecule has 0 radical (unpaired) electrons. The minimum absolute atomic E-state index is 0.126. The molecule has 1 unspecified atom stereocenters. The molecule has 0 saturated carbocycles. The fraction of sp³-hybridized carbons (Fsp3) is 0.467. The second-order valence-electron chi connectivity index (χ2n) is 5.29. The third-order valence-corrected chi connectivity index (χ3v) is 2.89. The van der Waals surface area contributed by atoms with Gasteiger partial charge in [-0.1, -0.05) is 55.8 Å². The van der Waals surface area contributed by atoms with Crippen LogP contribution in [-0.2, 0) is 0 Å². The molecule has 0 aliphatic heterocycles. The second kappa shape index (κ2) is 5.31. The first-order chi connectivity index (χ1) is 7.43. The van der Waals surface area contributed by atoms with Crippen LogP contribution in [0.15, 0.2) is 42.0 Å². The summed E-state index contributed by atoms with van der Waals surface area (Å²) in [5.74, 6) is 0. The molecule has 1 nitrogen and oxygen atoms in total. The van der Waals surface area contributed by atoms with E-state index in [-0.39, 0.29) is 5.41 Å². The van der Waals surface area contributed by atoms with Gasteiger partial charge in [-0.3, -0.25) is 0 Å². The van der Waals surface area contributed by atoms with Crippen molar-refractivity contribution in [1.82, 2.24) is 0 Å². The van der Waals surface area contributed by atoms with Gasteiger partial charge < -0.3 is 5.11 Å². The third-order valence-electron chi connectivity index (χ3n) is 2.89. The topological polar surface area (TPSA) is 20.2 Å². The summed E-state index contributed by atoms with van der Waals surface area (Å²) >= 11 is 0. The van der Waals surface area contributed by atoms with Crippen LogP contribution in [-0.4, -0.2) is 5.11 Å². The Kier molecular flexibility index (Phi) is 4.31. The Morgan fingerprint density at radius 1 is 1.25 bits per heavy atom. The molecule has 0 aromatic heterocycles. The van der Waals surface area contributed by atoms with E-state index in [9.17, 15) is 5.11 Å². The van der Waals surface area contributed by atoms with E-state index in [0.717, 1.165) is 12.0 Å². The van der Waals surface area contributed by atoms with Gasteiger partial charge in [0.2, 0.25) is 0 Å². The molecule has 1 heteroatoms. The molecule has 1 aromatic carbocycles. The van der Waals surface area contributed by atoms with E-state index in [1.807, 2.05) is 30.3 Å². The molecule has 88 valence electrons. The van der Waals surface area contributed by atoms with E-state index in [2.05, 4.69) is 33.8 Å². The van der Waals surface area contributed by atoms with Crippen LogP contribution in [0.3, 0.4) is 0 Å². The monoisotopic (exact) mass is 218 g/mol. The van der Waals surface area contributed by atoms with Crippen LogP contribution in [0.2, 0.25) is 0 Å². The predicted molar refractivity (Wildman–Crippen MR) is 69.2 cm³/mol.